The molecule has 1 rings (SSSR count). The average molecular weight is 209 g/mol. The van der Waals surface area contributed by atoms with E-state index in [0.29, 0.717) is 5.69 Å². The summed E-state index contributed by atoms with van der Waals surface area (Å²) in [6, 6.07) is 7.01. The van der Waals surface area contributed by atoms with E-state index in [4.69, 9.17) is 5.73 Å². The van der Waals surface area contributed by atoms with Crippen LogP contribution in [0.3, 0.4) is 0 Å². The third kappa shape index (κ3) is 3.59. The molecule has 4 nitrogen and oxygen atoms in total. The molecule has 0 radical (unpaired) electrons. The van der Waals surface area contributed by atoms with E-state index in [1.165, 1.54) is 0 Å². The molecule has 0 saturated carbocycles. The van der Waals surface area contributed by atoms with Crippen LogP contribution in [0.2, 0.25) is 0 Å². The highest BCUT2D eigenvalue weighted by Crippen LogP contribution is 2.08. The summed E-state index contributed by atoms with van der Waals surface area (Å²) < 4.78 is 4.69. The first kappa shape index (κ1) is 11.5. The van der Waals surface area contributed by atoms with Gasteiger partial charge in [0.25, 0.3) is 0 Å². The van der Waals surface area contributed by atoms with Crippen LogP contribution in [0.1, 0.15) is 12.5 Å². The molecule has 3 N–H and O–H groups in total. The normalized spacial score (nSPS) is 12.1. The molecule has 0 aliphatic rings. The quantitative estimate of drug-likeness (QED) is 0.566. The SMILES string of the molecule is CCOC(=O)[C@H](O)Cc1ccc(N)cc1. The summed E-state index contributed by atoms with van der Waals surface area (Å²) in [6.07, 6.45) is -0.854. The summed E-state index contributed by atoms with van der Waals surface area (Å²) >= 11 is 0. The maximum Gasteiger partial charge on any atom is 0.335 e. The number of esters is 1. The molecule has 0 amide bonds. The molecule has 1 aromatic carbocycles. The molecule has 1 atom stereocenters. The Morgan fingerprint density at radius 3 is 2.60 bits per heavy atom. The fraction of sp³-hybridized carbons (Fsp3) is 0.364. The Balaban J connectivity index is 2.54. The van der Waals surface area contributed by atoms with Crippen LogP contribution >= 0.6 is 0 Å². The highest BCUT2D eigenvalue weighted by molar-refractivity contribution is 5.74. The number of benzene rings is 1. The summed E-state index contributed by atoms with van der Waals surface area (Å²) in [5.74, 6) is -0.589. The van der Waals surface area contributed by atoms with Crippen LogP contribution in [0.25, 0.3) is 0 Å². The maximum absolute atomic E-state index is 11.1. The number of rotatable bonds is 4. The first-order valence-electron chi connectivity index (χ1n) is 4.82. The van der Waals surface area contributed by atoms with Gasteiger partial charge in [-0.2, -0.15) is 0 Å². The maximum atomic E-state index is 11.1. The average Bonchev–Trinajstić information content (AvgIpc) is 2.22. The largest absolute Gasteiger partial charge is 0.464 e. The van der Waals surface area contributed by atoms with Crippen molar-refractivity contribution in [2.75, 3.05) is 12.3 Å². The summed E-state index contributed by atoms with van der Waals surface area (Å²) in [5.41, 5.74) is 7.02. The molecule has 15 heavy (non-hydrogen) atoms. The topological polar surface area (TPSA) is 72.5 Å². The Hall–Kier alpha value is -1.55. The fourth-order valence-electron chi connectivity index (χ4n) is 1.20. The van der Waals surface area contributed by atoms with Gasteiger partial charge in [0.15, 0.2) is 6.10 Å². The second kappa shape index (κ2) is 5.36. The summed E-state index contributed by atoms with van der Waals surface area (Å²) in [6.45, 7) is 1.98. The molecule has 0 bridgehead atoms. The van der Waals surface area contributed by atoms with Gasteiger partial charge in [-0.25, -0.2) is 4.79 Å². The first-order valence-corrected chi connectivity index (χ1v) is 4.82. The molecular weight excluding hydrogens is 194 g/mol. The van der Waals surface area contributed by atoms with Gasteiger partial charge in [-0.3, -0.25) is 0 Å². The van der Waals surface area contributed by atoms with Gasteiger partial charge in [-0.1, -0.05) is 12.1 Å². The van der Waals surface area contributed by atoms with Gasteiger partial charge in [0, 0.05) is 12.1 Å². The third-order valence-electron chi connectivity index (χ3n) is 1.97. The van der Waals surface area contributed by atoms with E-state index in [-0.39, 0.29) is 13.0 Å². The van der Waals surface area contributed by atoms with Crippen molar-refractivity contribution in [3.63, 3.8) is 0 Å². The van der Waals surface area contributed by atoms with Crippen molar-refractivity contribution in [2.24, 2.45) is 0 Å². The molecule has 0 aromatic heterocycles. The predicted molar refractivity (Wildman–Crippen MR) is 57.2 cm³/mol. The van der Waals surface area contributed by atoms with E-state index < -0.39 is 12.1 Å². The lowest BCUT2D eigenvalue weighted by Crippen LogP contribution is -2.25. The summed E-state index contributed by atoms with van der Waals surface area (Å²) in [4.78, 5) is 11.1. The molecule has 0 fully saturated rings. The monoisotopic (exact) mass is 209 g/mol. The zero-order valence-electron chi connectivity index (χ0n) is 8.64. The lowest BCUT2D eigenvalue weighted by Gasteiger charge is -2.09. The lowest BCUT2D eigenvalue weighted by molar-refractivity contribution is -0.152. The number of carbonyl (C=O) groups is 1. The Morgan fingerprint density at radius 2 is 2.07 bits per heavy atom. The molecule has 1 aromatic rings. The van der Waals surface area contributed by atoms with Crippen LogP contribution in [0.5, 0.6) is 0 Å². The minimum Gasteiger partial charge on any atom is -0.464 e. The Kier molecular flexibility index (Phi) is 4.12. The third-order valence-corrected chi connectivity index (χ3v) is 1.97. The van der Waals surface area contributed by atoms with Crippen molar-refractivity contribution in [3.8, 4) is 0 Å². The number of carbonyl (C=O) groups excluding carboxylic acids is 1. The number of nitrogens with two attached hydrogens (primary N) is 1. The van der Waals surface area contributed by atoms with Gasteiger partial charge in [0.2, 0.25) is 0 Å². The number of aliphatic hydroxyl groups is 1. The van der Waals surface area contributed by atoms with E-state index in [0.717, 1.165) is 5.56 Å². The van der Waals surface area contributed by atoms with Gasteiger partial charge in [-0.05, 0) is 24.6 Å². The van der Waals surface area contributed by atoms with Gasteiger partial charge in [0.05, 0.1) is 6.61 Å². The Bertz CT molecular complexity index is 321. The molecule has 0 aliphatic carbocycles. The van der Waals surface area contributed by atoms with Crippen LogP contribution < -0.4 is 5.73 Å². The van der Waals surface area contributed by atoms with Crippen LogP contribution in [0.15, 0.2) is 24.3 Å². The van der Waals surface area contributed by atoms with E-state index in [9.17, 15) is 9.90 Å². The van der Waals surface area contributed by atoms with Crippen molar-refractivity contribution < 1.29 is 14.6 Å². The van der Waals surface area contributed by atoms with Crippen LogP contribution in [0.4, 0.5) is 5.69 Å². The number of aliphatic hydroxyl groups excluding tert-OH is 1. The molecule has 0 spiro atoms. The van der Waals surface area contributed by atoms with E-state index >= 15 is 0 Å². The van der Waals surface area contributed by atoms with Crippen molar-refractivity contribution in [1.29, 1.82) is 0 Å². The second-order valence-electron chi connectivity index (χ2n) is 3.21. The van der Waals surface area contributed by atoms with Gasteiger partial charge in [-0.15, -0.1) is 0 Å². The van der Waals surface area contributed by atoms with Crippen molar-refractivity contribution >= 4 is 11.7 Å². The Labute approximate surface area is 88.7 Å². The molecular formula is C11H15NO3. The standard InChI is InChI=1S/C11H15NO3/c1-2-15-11(14)10(13)7-8-3-5-9(12)6-4-8/h3-6,10,13H,2,7,12H2,1H3/t10-/m1/s1. The van der Waals surface area contributed by atoms with E-state index in [1.54, 1.807) is 31.2 Å². The Morgan fingerprint density at radius 1 is 1.47 bits per heavy atom. The van der Waals surface area contributed by atoms with Crippen molar-refractivity contribution in [2.45, 2.75) is 19.4 Å². The second-order valence-corrected chi connectivity index (χ2v) is 3.21. The van der Waals surface area contributed by atoms with Gasteiger partial charge < -0.3 is 15.6 Å². The van der Waals surface area contributed by atoms with E-state index in [2.05, 4.69) is 4.74 Å². The van der Waals surface area contributed by atoms with Gasteiger partial charge >= 0.3 is 5.97 Å². The summed E-state index contributed by atoms with van der Waals surface area (Å²) in [7, 11) is 0. The number of anilines is 1. The van der Waals surface area contributed by atoms with Crippen LogP contribution in [-0.2, 0) is 16.0 Å². The number of hydrogen-bond donors (Lipinski definition) is 2. The molecule has 0 unspecified atom stereocenters. The lowest BCUT2D eigenvalue weighted by atomic mass is 10.1. The summed E-state index contributed by atoms with van der Waals surface area (Å²) in [5, 5.41) is 9.47. The molecule has 0 heterocycles. The fourth-order valence-corrected chi connectivity index (χ4v) is 1.20. The highest BCUT2D eigenvalue weighted by Gasteiger charge is 2.16. The number of nitrogen functional groups attached to an aromatic ring is 1. The minimum atomic E-state index is -1.10. The first-order chi connectivity index (χ1) is 7.13. The molecule has 82 valence electrons. The smallest absolute Gasteiger partial charge is 0.335 e. The number of ether oxygens (including phenoxy) is 1. The molecule has 4 heteroatoms. The highest BCUT2D eigenvalue weighted by atomic mass is 16.5. The van der Waals surface area contributed by atoms with Gasteiger partial charge in [0.1, 0.15) is 0 Å². The predicted octanol–water partition coefficient (Wildman–Crippen LogP) is 0.735. The zero-order valence-corrected chi connectivity index (χ0v) is 8.64. The van der Waals surface area contributed by atoms with E-state index in [1.807, 2.05) is 0 Å². The van der Waals surface area contributed by atoms with Crippen molar-refractivity contribution in [3.05, 3.63) is 29.8 Å². The zero-order chi connectivity index (χ0) is 11.3. The van der Waals surface area contributed by atoms with Crippen LogP contribution in [0, 0.1) is 0 Å². The van der Waals surface area contributed by atoms with Crippen molar-refractivity contribution in [1.82, 2.24) is 0 Å². The number of hydrogen-bond acceptors (Lipinski definition) is 4. The van der Waals surface area contributed by atoms with Crippen LogP contribution in [-0.4, -0.2) is 23.8 Å². The molecule has 0 aliphatic heterocycles. The molecule has 0 saturated heterocycles. The minimum absolute atomic E-state index is 0.249.